The molecular formula is C19H20N6O2. The van der Waals surface area contributed by atoms with Crippen molar-refractivity contribution < 1.29 is 0 Å². The Balaban J connectivity index is 1.51. The molecular weight excluding hydrogens is 344 g/mol. The second-order valence-electron chi connectivity index (χ2n) is 7.04. The first kappa shape index (κ1) is 15.9. The van der Waals surface area contributed by atoms with Crippen LogP contribution in [-0.4, -0.2) is 36.8 Å². The molecule has 0 saturated carbocycles. The summed E-state index contributed by atoms with van der Waals surface area (Å²) in [7, 11) is 3.16. The Morgan fingerprint density at radius 3 is 2.78 bits per heavy atom. The van der Waals surface area contributed by atoms with Gasteiger partial charge in [-0.05, 0) is 18.1 Å². The number of H-pyrrole nitrogens is 1. The summed E-state index contributed by atoms with van der Waals surface area (Å²) in [5.74, 6) is 0.767. The van der Waals surface area contributed by atoms with E-state index >= 15 is 0 Å². The lowest BCUT2D eigenvalue weighted by atomic mass is 10.1. The van der Waals surface area contributed by atoms with E-state index in [4.69, 9.17) is 0 Å². The SMILES string of the molecule is Cn1c(=O)c2c(nc3n2CCN3CCc2c[nH]c3ccccc23)n(C)c1=O. The maximum atomic E-state index is 12.6. The number of hydrogen-bond acceptors (Lipinski definition) is 4. The van der Waals surface area contributed by atoms with E-state index in [2.05, 4.69) is 33.2 Å². The maximum absolute atomic E-state index is 12.6. The van der Waals surface area contributed by atoms with Crippen molar-refractivity contribution in [2.24, 2.45) is 14.1 Å². The van der Waals surface area contributed by atoms with Crippen LogP contribution in [-0.2, 0) is 27.1 Å². The molecule has 138 valence electrons. The molecule has 0 radical (unpaired) electrons. The third-order valence-electron chi connectivity index (χ3n) is 5.53. The summed E-state index contributed by atoms with van der Waals surface area (Å²) in [6, 6.07) is 8.27. The van der Waals surface area contributed by atoms with E-state index in [-0.39, 0.29) is 11.2 Å². The Morgan fingerprint density at radius 1 is 1.11 bits per heavy atom. The van der Waals surface area contributed by atoms with Gasteiger partial charge in [0.15, 0.2) is 11.2 Å². The highest BCUT2D eigenvalue weighted by Crippen LogP contribution is 2.26. The quantitative estimate of drug-likeness (QED) is 0.588. The first-order valence-corrected chi connectivity index (χ1v) is 9.02. The van der Waals surface area contributed by atoms with Crippen LogP contribution < -0.4 is 16.1 Å². The van der Waals surface area contributed by atoms with Crippen molar-refractivity contribution in [2.45, 2.75) is 13.0 Å². The van der Waals surface area contributed by atoms with Crippen molar-refractivity contribution in [3.05, 3.63) is 56.9 Å². The molecule has 4 aromatic rings. The van der Waals surface area contributed by atoms with Gasteiger partial charge in [-0.2, -0.15) is 4.98 Å². The maximum Gasteiger partial charge on any atom is 0.332 e. The normalized spacial score (nSPS) is 13.8. The monoisotopic (exact) mass is 364 g/mol. The molecule has 27 heavy (non-hydrogen) atoms. The third-order valence-corrected chi connectivity index (χ3v) is 5.53. The number of nitrogens with one attached hydrogen (secondary N) is 1. The van der Waals surface area contributed by atoms with Crippen LogP contribution in [0.4, 0.5) is 5.95 Å². The zero-order valence-electron chi connectivity index (χ0n) is 15.3. The van der Waals surface area contributed by atoms with Crippen LogP contribution in [0.1, 0.15) is 5.56 Å². The Hall–Kier alpha value is -3.29. The number of hydrogen-bond donors (Lipinski definition) is 1. The molecule has 4 heterocycles. The van der Waals surface area contributed by atoms with Gasteiger partial charge in [0.2, 0.25) is 5.95 Å². The van der Waals surface area contributed by atoms with Crippen molar-refractivity contribution in [1.82, 2.24) is 23.7 Å². The minimum Gasteiger partial charge on any atom is -0.361 e. The van der Waals surface area contributed by atoms with Crippen LogP contribution in [0.25, 0.3) is 22.1 Å². The standard InChI is InChI=1S/C19H20N6O2/c1-22-16-15(17(26)23(2)19(22)27)25-10-9-24(18(25)21-16)8-7-12-11-20-14-6-4-3-5-13(12)14/h3-6,11,20H,7-10H2,1-2H3. The number of benzene rings is 1. The van der Waals surface area contributed by atoms with Gasteiger partial charge < -0.3 is 14.5 Å². The molecule has 0 unspecified atom stereocenters. The number of fused-ring (bicyclic) bond motifs is 4. The molecule has 0 aliphatic carbocycles. The number of aromatic nitrogens is 5. The number of aromatic amines is 1. The highest BCUT2D eigenvalue weighted by Gasteiger charge is 2.27. The molecule has 8 heteroatoms. The summed E-state index contributed by atoms with van der Waals surface area (Å²) >= 11 is 0. The molecule has 0 amide bonds. The van der Waals surface area contributed by atoms with Crippen molar-refractivity contribution in [2.75, 3.05) is 18.0 Å². The van der Waals surface area contributed by atoms with Gasteiger partial charge in [0.25, 0.3) is 5.56 Å². The number of nitrogens with zero attached hydrogens (tertiary/aromatic N) is 5. The lowest BCUT2D eigenvalue weighted by Crippen LogP contribution is -2.37. The largest absolute Gasteiger partial charge is 0.361 e. The van der Waals surface area contributed by atoms with E-state index in [0.29, 0.717) is 17.7 Å². The Morgan fingerprint density at radius 2 is 1.93 bits per heavy atom. The van der Waals surface area contributed by atoms with Crippen LogP contribution in [0, 0.1) is 0 Å². The Labute approximate surface area is 154 Å². The van der Waals surface area contributed by atoms with E-state index in [1.54, 1.807) is 7.05 Å². The fourth-order valence-electron chi connectivity index (χ4n) is 4.01. The summed E-state index contributed by atoms with van der Waals surface area (Å²) in [5.41, 5.74) is 2.72. The zero-order valence-corrected chi connectivity index (χ0v) is 15.3. The van der Waals surface area contributed by atoms with Crippen LogP contribution in [0.3, 0.4) is 0 Å². The predicted octanol–water partition coefficient (Wildman–Crippen LogP) is 0.978. The summed E-state index contributed by atoms with van der Waals surface area (Å²) < 4.78 is 4.53. The molecule has 0 atom stereocenters. The van der Waals surface area contributed by atoms with Gasteiger partial charge in [0.05, 0.1) is 0 Å². The van der Waals surface area contributed by atoms with E-state index in [9.17, 15) is 9.59 Å². The Bertz CT molecular complexity index is 1310. The first-order chi connectivity index (χ1) is 13.1. The second-order valence-corrected chi connectivity index (χ2v) is 7.04. The van der Waals surface area contributed by atoms with E-state index in [1.807, 2.05) is 16.7 Å². The molecule has 1 aromatic carbocycles. The fraction of sp³-hybridized carbons (Fsp3) is 0.316. The van der Waals surface area contributed by atoms with Crippen LogP contribution in [0.2, 0.25) is 0 Å². The summed E-state index contributed by atoms with van der Waals surface area (Å²) in [6.45, 7) is 2.32. The average Bonchev–Trinajstić information content (AvgIpc) is 3.36. The van der Waals surface area contributed by atoms with E-state index in [1.165, 1.54) is 22.6 Å². The van der Waals surface area contributed by atoms with Gasteiger partial charge in [-0.25, -0.2) is 4.79 Å². The molecule has 8 nitrogen and oxygen atoms in total. The fourth-order valence-corrected chi connectivity index (χ4v) is 4.01. The van der Waals surface area contributed by atoms with Crippen molar-refractivity contribution in [3.63, 3.8) is 0 Å². The van der Waals surface area contributed by atoms with Crippen molar-refractivity contribution in [3.8, 4) is 0 Å². The summed E-state index contributed by atoms with van der Waals surface area (Å²) in [5, 5.41) is 1.24. The number of aryl methyl sites for hydroxylation is 1. The zero-order chi connectivity index (χ0) is 18.7. The number of anilines is 1. The topological polar surface area (TPSA) is 80.8 Å². The summed E-state index contributed by atoms with van der Waals surface area (Å²) in [4.78, 5) is 34.9. The van der Waals surface area contributed by atoms with Crippen LogP contribution >= 0.6 is 0 Å². The first-order valence-electron chi connectivity index (χ1n) is 9.02. The lowest BCUT2D eigenvalue weighted by Gasteiger charge is -2.15. The molecule has 1 aliphatic heterocycles. The van der Waals surface area contributed by atoms with Gasteiger partial charge in [-0.15, -0.1) is 0 Å². The van der Waals surface area contributed by atoms with Gasteiger partial charge in [-0.3, -0.25) is 13.9 Å². The molecule has 0 spiro atoms. The smallest absolute Gasteiger partial charge is 0.332 e. The Kier molecular flexibility index (Phi) is 3.30. The molecule has 0 saturated heterocycles. The average molecular weight is 364 g/mol. The lowest BCUT2D eigenvalue weighted by molar-refractivity contribution is 0.698. The number of rotatable bonds is 3. The highest BCUT2D eigenvalue weighted by molar-refractivity contribution is 5.83. The van der Waals surface area contributed by atoms with Gasteiger partial charge >= 0.3 is 5.69 Å². The molecule has 1 N–H and O–H groups in total. The number of imidazole rings is 1. The van der Waals surface area contributed by atoms with E-state index < -0.39 is 0 Å². The summed E-state index contributed by atoms with van der Waals surface area (Å²) in [6.07, 6.45) is 2.94. The second kappa shape index (κ2) is 5.60. The van der Waals surface area contributed by atoms with Crippen molar-refractivity contribution in [1.29, 1.82) is 0 Å². The molecule has 0 bridgehead atoms. The number of para-hydroxylation sites is 1. The van der Waals surface area contributed by atoms with Gasteiger partial charge in [0.1, 0.15) is 0 Å². The molecule has 0 fully saturated rings. The molecule has 1 aliphatic rings. The minimum atomic E-state index is -0.352. The third kappa shape index (κ3) is 2.19. The van der Waals surface area contributed by atoms with Crippen molar-refractivity contribution >= 4 is 28.0 Å². The molecule has 3 aromatic heterocycles. The van der Waals surface area contributed by atoms with Gasteiger partial charge in [0, 0.05) is 50.8 Å². The highest BCUT2D eigenvalue weighted by atomic mass is 16.2. The molecule has 5 rings (SSSR count). The minimum absolute atomic E-state index is 0.287. The van der Waals surface area contributed by atoms with Gasteiger partial charge in [-0.1, -0.05) is 18.2 Å². The van der Waals surface area contributed by atoms with Crippen LogP contribution in [0.15, 0.2) is 40.1 Å². The predicted molar refractivity (Wildman–Crippen MR) is 104 cm³/mol. The van der Waals surface area contributed by atoms with E-state index in [0.717, 1.165) is 35.5 Å². The van der Waals surface area contributed by atoms with Crippen LogP contribution in [0.5, 0.6) is 0 Å².